The highest BCUT2D eigenvalue weighted by atomic mass is 32.1. The topological polar surface area (TPSA) is 92.6 Å². The van der Waals surface area contributed by atoms with Gasteiger partial charge in [0.2, 0.25) is 0 Å². The number of aryl methyl sites for hydroxylation is 3. The zero-order valence-electron chi connectivity index (χ0n) is 19.7. The normalized spacial score (nSPS) is 17.4. The van der Waals surface area contributed by atoms with Gasteiger partial charge in [0, 0.05) is 11.8 Å². The number of fused-ring (bicyclic) bond motifs is 1. The Bertz CT molecular complexity index is 1520. The average Bonchev–Trinajstić information content (AvgIpc) is 3.37. The van der Waals surface area contributed by atoms with Gasteiger partial charge in [0.25, 0.3) is 5.78 Å². The molecule has 7 nitrogen and oxygen atoms in total. The number of hydrogen-bond acceptors (Lipinski definition) is 7. The fourth-order valence-electron chi connectivity index (χ4n) is 4.35. The molecule has 4 aromatic rings. The van der Waals surface area contributed by atoms with E-state index < -0.39 is 17.7 Å². The number of carbonyl (C=O) groups is 2. The van der Waals surface area contributed by atoms with Gasteiger partial charge in [0.05, 0.1) is 28.6 Å². The predicted molar refractivity (Wildman–Crippen MR) is 136 cm³/mol. The Morgan fingerprint density at radius 2 is 1.86 bits per heavy atom. The number of pyridine rings is 1. The zero-order valence-corrected chi connectivity index (χ0v) is 20.5. The predicted octanol–water partition coefficient (Wildman–Crippen LogP) is 5.25. The van der Waals surface area contributed by atoms with Gasteiger partial charge in [0.1, 0.15) is 17.6 Å². The Labute approximate surface area is 206 Å². The minimum absolute atomic E-state index is 0.00424. The van der Waals surface area contributed by atoms with E-state index in [-0.39, 0.29) is 11.3 Å². The minimum Gasteiger partial charge on any atom is -0.507 e. The number of thiazole rings is 1. The van der Waals surface area contributed by atoms with Crippen LogP contribution in [0.1, 0.15) is 34.0 Å². The van der Waals surface area contributed by atoms with Gasteiger partial charge < -0.3 is 9.84 Å². The van der Waals surface area contributed by atoms with E-state index in [9.17, 15) is 14.7 Å². The third-order valence-corrected chi connectivity index (χ3v) is 7.18. The smallest absolute Gasteiger partial charge is 0.301 e. The number of ether oxygens (including phenoxy) is 1. The monoisotopic (exact) mass is 485 g/mol. The van der Waals surface area contributed by atoms with Crippen molar-refractivity contribution >= 4 is 44.1 Å². The largest absolute Gasteiger partial charge is 0.507 e. The van der Waals surface area contributed by atoms with Crippen LogP contribution in [0.2, 0.25) is 0 Å². The third kappa shape index (κ3) is 3.76. The van der Waals surface area contributed by atoms with Crippen molar-refractivity contribution in [2.45, 2.75) is 26.8 Å². The molecule has 1 aliphatic heterocycles. The Hall–Kier alpha value is -4.04. The number of ketones is 1. The fraction of sp³-hybridized carbons (Fsp3) is 0.185. The molecule has 2 aromatic heterocycles. The first-order valence-electron chi connectivity index (χ1n) is 11.0. The Morgan fingerprint density at radius 1 is 1.06 bits per heavy atom. The molecular weight excluding hydrogens is 462 g/mol. The van der Waals surface area contributed by atoms with E-state index in [4.69, 9.17) is 4.74 Å². The molecule has 5 rings (SSSR count). The molecule has 1 fully saturated rings. The number of methoxy groups -OCH3 is 1. The first kappa shape index (κ1) is 22.7. The number of anilines is 1. The Morgan fingerprint density at radius 3 is 2.57 bits per heavy atom. The lowest BCUT2D eigenvalue weighted by Gasteiger charge is -2.22. The van der Waals surface area contributed by atoms with Crippen LogP contribution in [0.3, 0.4) is 0 Å². The lowest BCUT2D eigenvalue weighted by atomic mass is 9.95. The SMILES string of the molecule is COc1cc2sc(N3C(=O)C(=O)/C(=C(/O)c4cc(C)ccc4C)C3c3ccccn3)nc2cc1C. The summed E-state index contributed by atoms with van der Waals surface area (Å²) in [4.78, 5) is 37.2. The molecule has 0 radical (unpaired) electrons. The maximum atomic E-state index is 13.4. The second kappa shape index (κ2) is 8.63. The van der Waals surface area contributed by atoms with Crippen LogP contribution < -0.4 is 9.64 Å². The summed E-state index contributed by atoms with van der Waals surface area (Å²) in [6.07, 6.45) is 1.60. The van der Waals surface area contributed by atoms with Gasteiger partial charge in [-0.3, -0.25) is 19.5 Å². The standard InChI is InChI=1S/C27H23N3O4S/c1-14-8-9-15(2)17(11-14)24(31)22-23(18-7-5-6-10-28-18)30(26(33)25(22)32)27-29-19-12-16(3)20(34-4)13-21(19)35-27/h5-13,23,31H,1-4H3/b24-22+. The van der Waals surface area contributed by atoms with Crippen molar-refractivity contribution in [3.05, 3.63) is 88.2 Å². The second-order valence-electron chi connectivity index (χ2n) is 8.53. The van der Waals surface area contributed by atoms with Crippen molar-refractivity contribution in [2.75, 3.05) is 12.0 Å². The van der Waals surface area contributed by atoms with Gasteiger partial charge in [-0.05, 0) is 62.2 Å². The van der Waals surface area contributed by atoms with Gasteiger partial charge in [-0.25, -0.2) is 4.98 Å². The van der Waals surface area contributed by atoms with Crippen molar-refractivity contribution < 1.29 is 19.4 Å². The van der Waals surface area contributed by atoms with Gasteiger partial charge >= 0.3 is 5.91 Å². The molecule has 1 unspecified atom stereocenters. The van der Waals surface area contributed by atoms with Crippen LogP contribution in [0.25, 0.3) is 16.0 Å². The second-order valence-corrected chi connectivity index (χ2v) is 9.54. The highest BCUT2D eigenvalue weighted by Gasteiger charge is 2.49. The number of aromatic nitrogens is 2. The first-order chi connectivity index (χ1) is 16.8. The van der Waals surface area contributed by atoms with Crippen molar-refractivity contribution in [3.8, 4) is 5.75 Å². The number of benzene rings is 2. The summed E-state index contributed by atoms with van der Waals surface area (Å²) in [7, 11) is 1.60. The van der Waals surface area contributed by atoms with E-state index >= 15 is 0 Å². The maximum Gasteiger partial charge on any atom is 0.301 e. The lowest BCUT2D eigenvalue weighted by Crippen LogP contribution is -2.29. The summed E-state index contributed by atoms with van der Waals surface area (Å²) in [5, 5.41) is 11.7. The molecule has 8 heteroatoms. The van der Waals surface area contributed by atoms with E-state index in [1.54, 1.807) is 37.6 Å². The van der Waals surface area contributed by atoms with Crippen LogP contribution in [-0.2, 0) is 9.59 Å². The van der Waals surface area contributed by atoms with Crippen molar-refractivity contribution in [1.82, 2.24) is 9.97 Å². The molecule has 0 spiro atoms. The van der Waals surface area contributed by atoms with Crippen LogP contribution in [0, 0.1) is 20.8 Å². The van der Waals surface area contributed by atoms with E-state index in [2.05, 4.69) is 9.97 Å². The van der Waals surface area contributed by atoms with Crippen molar-refractivity contribution in [2.24, 2.45) is 0 Å². The number of Topliss-reactive ketones (excluding diaryl/α,β-unsaturated/α-hetero) is 1. The quantitative estimate of drug-likeness (QED) is 0.241. The minimum atomic E-state index is -0.917. The number of aliphatic hydroxyl groups excluding tert-OH is 1. The zero-order chi connectivity index (χ0) is 24.9. The molecule has 3 heterocycles. The molecule has 0 saturated carbocycles. The number of carbonyl (C=O) groups excluding carboxylic acids is 2. The van der Waals surface area contributed by atoms with E-state index in [1.807, 2.05) is 45.0 Å². The lowest BCUT2D eigenvalue weighted by molar-refractivity contribution is -0.132. The average molecular weight is 486 g/mol. The Kier molecular flexibility index (Phi) is 5.61. The van der Waals surface area contributed by atoms with Crippen LogP contribution in [0.4, 0.5) is 5.13 Å². The van der Waals surface area contributed by atoms with Gasteiger partial charge in [-0.1, -0.05) is 35.1 Å². The van der Waals surface area contributed by atoms with Crippen molar-refractivity contribution in [3.63, 3.8) is 0 Å². The molecular formula is C27H23N3O4S. The highest BCUT2D eigenvalue weighted by Crippen LogP contribution is 2.44. The molecule has 1 atom stereocenters. The summed E-state index contributed by atoms with van der Waals surface area (Å²) in [6.45, 7) is 5.67. The summed E-state index contributed by atoms with van der Waals surface area (Å²) in [5.41, 5.74) is 4.29. The first-order valence-corrected chi connectivity index (χ1v) is 11.9. The number of nitrogens with zero attached hydrogens (tertiary/aromatic N) is 3. The molecule has 1 N–H and O–H groups in total. The molecule has 35 heavy (non-hydrogen) atoms. The van der Waals surface area contributed by atoms with E-state index in [0.29, 0.717) is 27.7 Å². The fourth-order valence-corrected chi connectivity index (χ4v) is 5.36. The summed E-state index contributed by atoms with van der Waals surface area (Å²) < 4.78 is 6.25. The van der Waals surface area contributed by atoms with E-state index in [1.165, 1.54) is 16.2 Å². The molecule has 1 aliphatic rings. The van der Waals surface area contributed by atoms with E-state index in [0.717, 1.165) is 21.4 Å². The third-order valence-electron chi connectivity index (χ3n) is 6.16. The number of aliphatic hydroxyl groups is 1. The van der Waals surface area contributed by atoms with Crippen molar-refractivity contribution in [1.29, 1.82) is 0 Å². The maximum absolute atomic E-state index is 13.4. The summed E-state index contributed by atoms with van der Waals surface area (Å²) in [6, 6.07) is 13.7. The Balaban J connectivity index is 1.74. The van der Waals surface area contributed by atoms with Crippen LogP contribution in [-0.4, -0.2) is 33.9 Å². The van der Waals surface area contributed by atoms with Crippen LogP contribution in [0.15, 0.2) is 60.3 Å². The molecule has 176 valence electrons. The highest BCUT2D eigenvalue weighted by molar-refractivity contribution is 7.22. The van der Waals surface area contributed by atoms with Gasteiger partial charge in [-0.2, -0.15) is 0 Å². The number of hydrogen-bond donors (Lipinski definition) is 1. The molecule has 1 saturated heterocycles. The summed E-state index contributed by atoms with van der Waals surface area (Å²) >= 11 is 1.28. The molecule has 0 bridgehead atoms. The van der Waals surface area contributed by atoms with Gasteiger partial charge in [0.15, 0.2) is 5.13 Å². The molecule has 0 aliphatic carbocycles. The van der Waals surface area contributed by atoms with Crippen LogP contribution in [0.5, 0.6) is 5.75 Å². The van der Waals surface area contributed by atoms with Gasteiger partial charge in [-0.15, -0.1) is 0 Å². The summed E-state index contributed by atoms with van der Waals surface area (Å²) in [5.74, 6) is -1.03. The number of rotatable bonds is 4. The molecule has 1 amide bonds. The van der Waals surface area contributed by atoms with Crippen LogP contribution >= 0.6 is 11.3 Å². The number of amides is 1. The molecule has 2 aromatic carbocycles.